The van der Waals surface area contributed by atoms with Crippen LogP contribution in [0.5, 0.6) is 0 Å². The van der Waals surface area contributed by atoms with Crippen LogP contribution in [-0.4, -0.2) is 12.3 Å². The molecule has 0 aliphatic heterocycles. The molecule has 0 bridgehead atoms. The highest BCUT2D eigenvalue weighted by molar-refractivity contribution is 6.00. The number of carbonyl (C=O) groups excluding carboxylic acids is 1. The average Bonchev–Trinajstić information content (AvgIpc) is 2.47. The van der Waals surface area contributed by atoms with E-state index in [9.17, 15) is 4.79 Å². The first-order chi connectivity index (χ1) is 8.72. The van der Waals surface area contributed by atoms with Gasteiger partial charge in [0.25, 0.3) is 0 Å². The Morgan fingerprint density at radius 2 is 2.00 bits per heavy atom. The minimum atomic E-state index is -0.287. The molecule has 1 aromatic rings. The lowest BCUT2D eigenvalue weighted by molar-refractivity contribution is 0.0729. The molecule has 0 unspecified atom stereocenters. The Kier molecular flexibility index (Phi) is 4.18. The van der Waals surface area contributed by atoms with Crippen LogP contribution in [0.4, 0.5) is 0 Å². The molecule has 0 aromatic heterocycles. The fraction of sp³-hybridized carbons (Fsp3) is 0.562. The van der Waals surface area contributed by atoms with Gasteiger partial charge in [-0.15, -0.1) is 0 Å². The minimum Gasteiger partial charge on any atom is -0.329 e. The molecule has 0 radical (unpaired) electrons. The van der Waals surface area contributed by atoms with Crippen molar-refractivity contribution in [2.75, 3.05) is 6.54 Å². The molecule has 1 fully saturated rings. The van der Waals surface area contributed by atoms with Crippen molar-refractivity contribution in [1.29, 1.82) is 0 Å². The van der Waals surface area contributed by atoms with Gasteiger partial charge in [0.2, 0.25) is 0 Å². The Bertz CT molecular complexity index is 419. The second-order valence-electron chi connectivity index (χ2n) is 5.43. The highest BCUT2D eigenvalue weighted by Gasteiger charge is 2.38. The van der Waals surface area contributed by atoms with Crippen LogP contribution in [0.15, 0.2) is 24.3 Å². The van der Waals surface area contributed by atoms with Crippen molar-refractivity contribution >= 4 is 5.78 Å². The number of Topliss-reactive ketones (excluding diaryl/α,β-unsaturated/α-hetero) is 1. The molecule has 1 aliphatic carbocycles. The first kappa shape index (κ1) is 13.3. The lowest BCUT2D eigenvalue weighted by Crippen LogP contribution is -2.40. The van der Waals surface area contributed by atoms with E-state index in [0.29, 0.717) is 6.54 Å². The van der Waals surface area contributed by atoms with Crippen molar-refractivity contribution in [3.05, 3.63) is 35.4 Å². The van der Waals surface area contributed by atoms with Gasteiger partial charge in [-0.1, -0.05) is 44.4 Å². The summed E-state index contributed by atoms with van der Waals surface area (Å²) in [7, 11) is 0. The van der Waals surface area contributed by atoms with E-state index >= 15 is 0 Å². The van der Waals surface area contributed by atoms with E-state index in [2.05, 4.69) is 13.0 Å². The minimum absolute atomic E-state index is 0.264. The predicted molar refractivity (Wildman–Crippen MR) is 74.7 cm³/mol. The number of ketones is 1. The molecular weight excluding hydrogens is 222 g/mol. The summed E-state index contributed by atoms with van der Waals surface area (Å²) in [5.74, 6) is 0.264. The third-order valence-corrected chi connectivity index (χ3v) is 4.28. The van der Waals surface area contributed by atoms with Gasteiger partial charge in [0.15, 0.2) is 5.78 Å². The Morgan fingerprint density at radius 3 is 2.61 bits per heavy atom. The summed E-state index contributed by atoms with van der Waals surface area (Å²) in [5.41, 5.74) is 7.71. The molecule has 18 heavy (non-hydrogen) atoms. The van der Waals surface area contributed by atoms with Crippen LogP contribution < -0.4 is 5.73 Å². The quantitative estimate of drug-likeness (QED) is 0.827. The summed E-state index contributed by atoms with van der Waals surface area (Å²) in [5, 5.41) is 0. The van der Waals surface area contributed by atoms with E-state index in [1.807, 2.05) is 18.2 Å². The summed E-state index contributed by atoms with van der Waals surface area (Å²) < 4.78 is 0. The van der Waals surface area contributed by atoms with Crippen molar-refractivity contribution in [3.63, 3.8) is 0 Å². The lowest BCUT2D eigenvalue weighted by atomic mass is 9.69. The number of nitrogens with two attached hydrogens (primary N) is 1. The molecule has 98 valence electrons. The van der Waals surface area contributed by atoms with Crippen LogP contribution >= 0.6 is 0 Å². The van der Waals surface area contributed by atoms with Gasteiger partial charge in [-0.2, -0.15) is 0 Å². The van der Waals surface area contributed by atoms with Gasteiger partial charge in [-0.05, 0) is 30.9 Å². The Balaban J connectivity index is 2.27. The molecule has 2 N–H and O–H groups in total. The van der Waals surface area contributed by atoms with Crippen molar-refractivity contribution < 1.29 is 4.79 Å². The number of benzene rings is 1. The summed E-state index contributed by atoms with van der Waals surface area (Å²) in [6.07, 6.45) is 6.39. The number of rotatable bonds is 4. The molecule has 2 rings (SSSR count). The van der Waals surface area contributed by atoms with Crippen LogP contribution in [0, 0.1) is 5.41 Å². The second-order valence-corrected chi connectivity index (χ2v) is 5.43. The number of carbonyl (C=O) groups is 1. The second kappa shape index (κ2) is 5.66. The van der Waals surface area contributed by atoms with Gasteiger partial charge in [-0.3, -0.25) is 4.79 Å². The molecule has 0 atom stereocenters. The number of hydrogen-bond acceptors (Lipinski definition) is 2. The predicted octanol–water partition coefficient (Wildman–Crippen LogP) is 3.34. The standard InChI is InChI=1S/C16H23NO/c1-2-13-7-6-8-14(11-13)15(18)16(12-17)9-4-3-5-10-16/h6-8,11H,2-5,9-10,12,17H2,1H3. The SMILES string of the molecule is CCc1cccc(C(=O)C2(CN)CCCCC2)c1. The Hall–Kier alpha value is -1.15. The number of hydrogen-bond donors (Lipinski definition) is 1. The van der Waals surface area contributed by atoms with Crippen LogP contribution in [0.25, 0.3) is 0 Å². The molecule has 2 nitrogen and oxygen atoms in total. The molecule has 1 aliphatic rings. The van der Waals surface area contributed by atoms with Crippen LogP contribution in [0.1, 0.15) is 54.9 Å². The van der Waals surface area contributed by atoms with Gasteiger partial charge in [0, 0.05) is 17.5 Å². The lowest BCUT2D eigenvalue weighted by Gasteiger charge is -2.34. The van der Waals surface area contributed by atoms with Crippen molar-refractivity contribution in [3.8, 4) is 0 Å². The fourth-order valence-electron chi connectivity index (χ4n) is 2.99. The Labute approximate surface area is 110 Å². The van der Waals surface area contributed by atoms with Gasteiger partial charge in [-0.25, -0.2) is 0 Å². The van der Waals surface area contributed by atoms with E-state index in [1.54, 1.807) is 0 Å². The zero-order valence-corrected chi connectivity index (χ0v) is 11.2. The smallest absolute Gasteiger partial charge is 0.170 e. The number of aryl methyl sites for hydroxylation is 1. The van der Waals surface area contributed by atoms with Crippen LogP contribution in [0.3, 0.4) is 0 Å². The molecule has 1 aromatic carbocycles. The average molecular weight is 245 g/mol. The molecule has 0 amide bonds. The molecular formula is C16H23NO. The summed E-state index contributed by atoms with van der Waals surface area (Å²) in [6, 6.07) is 8.04. The van der Waals surface area contributed by atoms with Crippen molar-refractivity contribution in [1.82, 2.24) is 0 Å². The highest BCUT2D eigenvalue weighted by atomic mass is 16.1. The molecule has 0 spiro atoms. The molecule has 0 saturated heterocycles. The monoisotopic (exact) mass is 245 g/mol. The first-order valence-corrected chi connectivity index (χ1v) is 7.06. The van der Waals surface area contributed by atoms with Gasteiger partial charge >= 0.3 is 0 Å². The van der Waals surface area contributed by atoms with Gasteiger partial charge in [0.1, 0.15) is 0 Å². The van der Waals surface area contributed by atoms with Gasteiger partial charge < -0.3 is 5.73 Å². The first-order valence-electron chi connectivity index (χ1n) is 7.06. The summed E-state index contributed by atoms with van der Waals surface area (Å²) in [6.45, 7) is 2.60. The zero-order valence-electron chi connectivity index (χ0n) is 11.2. The van der Waals surface area contributed by atoms with E-state index < -0.39 is 0 Å². The van der Waals surface area contributed by atoms with Crippen LogP contribution in [-0.2, 0) is 6.42 Å². The fourth-order valence-corrected chi connectivity index (χ4v) is 2.99. The topological polar surface area (TPSA) is 43.1 Å². The maximum atomic E-state index is 12.7. The zero-order chi connectivity index (χ0) is 13.0. The highest BCUT2D eigenvalue weighted by Crippen LogP contribution is 2.38. The Morgan fingerprint density at radius 1 is 1.28 bits per heavy atom. The summed E-state index contributed by atoms with van der Waals surface area (Å²) in [4.78, 5) is 12.7. The largest absolute Gasteiger partial charge is 0.329 e. The van der Waals surface area contributed by atoms with E-state index in [4.69, 9.17) is 5.73 Å². The maximum Gasteiger partial charge on any atom is 0.170 e. The molecule has 2 heteroatoms. The normalized spacial score (nSPS) is 18.6. The van der Waals surface area contributed by atoms with E-state index in [-0.39, 0.29) is 11.2 Å². The van der Waals surface area contributed by atoms with Crippen molar-refractivity contribution in [2.45, 2.75) is 45.4 Å². The van der Waals surface area contributed by atoms with Gasteiger partial charge in [0.05, 0.1) is 0 Å². The maximum absolute atomic E-state index is 12.7. The third kappa shape index (κ3) is 2.49. The van der Waals surface area contributed by atoms with E-state index in [0.717, 1.165) is 37.7 Å². The van der Waals surface area contributed by atoms with Crippen LogP contribution in [0.2, 0.25) is 0 Å². The molecule has 1 saturated carbocycles. The molecule has 0 heterocycles. The third-order valence-electron chi connectivity index (χ3n) is 4.28. The van der Waals surface area contributed by atoms with E-state index in [1.165, 1.54) is 12.0 Å². The van der Waals surface area contributed by atoms with Crippen molar-refractivity contribution in [2.24, 2.45) is 11.1 Å². The summed E-state index contributed by atoms with van der Waals surface area (Å²) >= 11 is 0.